The van der Waals surface area contributed by atoms with E-state index in [4.69, 9.17) is 0 Å². The summed E-state index contributed by atoms with van der Waals surface area (Å²) in [7, 11) is 0. The third-order valence-corrected chi connectivity index (χ3v) is 3.58. The predicted octanol–water partition coefficient (Wildman–Crippen LogP) is 3.71. The fraction of sp³-hybridized carbons (Fsp3) is 1.00. The summed E-state index contributed by atoms with van der Waals surface area (Å²) in [6, 6.07) is 0. The molecule has 3 unspecified atom stereocenters. The zero-order chi connectivity index (χ0) is 8.43. The minimum atomic E-state index is 0.907. The van der Waals surface area contributed by atoms with Gasteiger partial charge in [-0.25, -0.2) is 0 Å². The van der Waals surface area contributed by atoms with Gasteiger partial charge in [0.1, 0.15) is 0 Å². The minimum absolute atomic E-state index is 0.907. The molecule has 0 aliphatic heterocycles. The summed E-state index contributed by atoms with van der Waals surface area (Å²) in [6.45, 7) is 9.56. The lowest BCUT2D eigenvalue weighted by atomic mass is 9.72. The highest BCUT2D eigenvalue weighted by Gasteiger charge is 2.25. The van der Waals surface area contributed by atoms with Crippen molar-refractivity contribution in [1.82, 2.24) is 0 Å². The van der Waals surface area contributed by atoms with Crippen molar-refractivity contribution in [2.75, 3.05) is 0 Å². The van der Waals surface area contributed by atoms with Crippen LogP contribution in [0.3, 0.4) is 0 Å². The Morgan fingerprint density at radius 2 is 1.64 bits per heavy atom. The molecule has 1 aliphatic rings. The van der Waals surface area contributed by atoms with Gasteiger partial charge in [0.2, 0.25) is 0 Å². The van der Waals surface area contributed by atoms with Crippen molar-refractivity contribution in [3.05, 3.63) is 0 Å². The van der Waals surface area contributed by atoms with E-state index in [2.05, 4.69) is 27.7 Å². The Hall–Kier alpha value is 0. The van der Waals surface area contributed by atoms with E-state index in [-0.39, 0.29) is 0 Å². The molecule has 1 fully saturated rings. The highest BCUT2D eigenvalue weighted by molar-refractivity contribution is 4.76. The molecule has 0 aromatic heterocycles. The summed E-state index contributed by atoms with van der Waals surface area (Å²) in [5.41, 5.74) is 0. The molecule has 1 aliphatic carbocycles. The topological polar surface area (TPSA) is 0 Å². The second-order valence-corrected chi connectivity index (χ2v) is 4.77. The maximum absolute atomic E-state index is 2.42. The smallest absolute Gasteiger partial charge is 0.0388 e. The van der Waals surface area contributed by atoms with Crippen LogP contribution in [-0.2, 0) is 0 Å². The van der Waals surface area contributed by atoms with Gasteiger partial charge in [0.05, 0.1) is 0 Å². The summed E-state index contributed by atoms with van der Waals surface area (Å²) in [5, 5.41) is 0. The molecule has 3 atom stereocenters. The monoisotopic (exact) mass is 154 g/mol. The molecule has 11 heavy (non-hydrogen) atoms. The van der Waals surface area contributed by atoms with Crippen molar-refractivity contribution in [2.24, 2.45) is 23.7 Å². The molecular formula is C11H22. The normalized spacial score (nSPS) is 39.5. The molecular weight excluding hydrogens is 132 g/mol. The van der Waals surface area contributed by atoms with Crippen LogP contribution in [0.2, 0.25) is 0 Å². The Labute approximate surface area is 71.4 Å². The van der Waals surface area contributed by atoms with Crippen LogP contribution in [0.15, 0.2) is 0 Å². The average Bonchev–Trinajstić information content (AvgIpc) is 1.94. The second kappa shape index (κ2) is 3.60. The van der Waals surface area contributed by atoms with Crippen molar-refractivity contribution >= 4 is 0 Å². The Morgan fingerprint density at radius 1 is 1.00 bits per heavy atom. The van der Waals surface area contributed by atoms with E-state index in [0.717, 1.165) is 23.7 Å². The Balaban J connectivity index is 2.40. The van der Waals surface area contributed by atoms with Gasteiger partial charge in [-0.2, -0.15) is 0 Å². The Morgan fingerprint density at radius 3 is 2.09 bits per heavy atom. The van der Waals surface area contributed by atoms with E-state index in [1.54, 1.807) is 0 Å². The van der Waals surface area contributed by atoms with Crippen LogP contribution in [0.25, 0.3) is 0 Å². The van der Waals surface area contributed by atoms with E-state index in [1.165, 1.54) is 19.3 Å². The predicted molar refractivity (Wildman–Crippen MR) is 50.5 cm³/mol. The molecule has 0 bridgehead atoms. The largest absolute Gasteiger partial charge is 0.0625 e. The van der Waals surface area contributed by atoms with E-state index in [1.807, 2.05) is 0 Å². The van der Waals surface area contributed by atoms with Gasteiger partial charge in [0, 0.05) is 0 Å². The highest BCUT2D eigenvalue weighted by atomic mass is 14.3. The number of rotatable bonds is 1. The van der Waals surface area contributed by atoms with Crippen molar-refractivity contribution in [2.45, 2.75) is 47.0 Å². The fourth-order valence-electron chi connectivity index (χ4n) is 2.19. The number of hydrogen-bond acceptors (Lipinski definition) is 0. The van der Waals surface area contributed by atoms with Gasteiger partial charge < -0.3 is 0 Å². The summed E-state index contributed by atoms with van der Waals surface area (Å²) in [6.07, 6.45) is 4.41. The molecule has 0 nitrogen and oxygen atoms in total. The quantitative estimate of drug-likeness (QED) is 0.540. The van der Waals surface area contributed by atoms with Gasteiger partial charge in [-0.3, -0.25) is 0 Å². The summed E-state index contributed by atoms with van der Waals surface area (Å²) in [4.78, 5) is 0. The van der Waals surface area contributed by atoms with Crippen LogP contribution in [0.5, 0.6) is 0 Å². The molecule has 1 saturated carbocycles. The van der Waals surface area contributed by atoms with Crippen LogP contribution < -0.4 is 0 Å². The van der Waals surface area contributed by atoms with Gasteiger partial charge in [-0.15, -0.1) is 0 Å². The first-order valence-corrected chi connectivity index (χ1v) is 5.11. The first-order chi connectivity index (χ1) is 5.11. The molecule has 0 N–H and O–H groups in total. The van der Waals surface area contributed by atoms with Crippen molar-refractivity contribution in [3.8, 4) is 0 Å². The highest BCUT2D eigenvalue weighted by Crippen LogP contribution is 2.36. The first kappa shape index (κ1) is 9.09. The summed E-state index contributed by atoms with van der Waals surface area (Å²) >= 11 is 0. The van der Waals surface area contributed by atoms with Gasteiger partial charge in [0.15, 0.2) is 0 Å². The molecule has 1 rings (SSSR count). The van der Waals surface area contributed by atoms with Crippen molar-refractivity contribution < 1.29 is 0 Å². The molecule has 0 spiro atoms. The second-order valence-electron chi connectivity index (χ2n) is 4.77. The summed E-state index contributed by atoms with van der Waals surface area (Å²) < 4.78 is 0. The van der Waals surface area contributed by atoms with Gasteiger partial charge in [0.25, 0.3) is 0 Å². The zero-order valence-corrected chi connectivity index (χ0v) is 8.43. The van der Waals surface area contributed by atoms with Crippen molar-refractivity contribution in [1.29, 1.82) is 0 Å². The van der Waals surface area contributed by atoms with Crippen molar-refractivity contribution in [3.63, 3.8) is 0 Å². The third-order valence-electron chi connectivity index (χ3n) is 3.58. The zero-order valence-electron chi connectivity index (χ0n) is 8.43. The van der Waals surface area contributed by atoms with Gasteiger partial charge in [-0.05, 0) is 36.5 Å². The molecule has 0 heterocycles. The average molecular weight is 154 g/mol. The van der Waals surface area contributed by atoms with Gasteiger partial charge >= 0.3 is 0 Å². The van der Waals surface area contributed by atoms with E-state index >= 15 is 0 Å². The first-order valence-electron chi connectivity index (χ1n) is 5.11. The molecule has 0 saturated heterocycles. The van der Waals surface area contributed by atoms with Crippen LogP contribution in [-0.4, -0.2) is 0 Å². The fourth-order valence-corrected chi connectivity index (χ4v) is 2.19. The minimum Gasteiger partial charge on any atom is -0.0625 e. The van der Waals surface area contributed by atoms with Crippen LogP contribution >= 0.6 is 0 Å². The summed E-state index contributed by atoms with van der Waals surface area (Å²) in [5.74, 6) is 3.87. The molecule has 0 aromatic rings. The van der Waals surface area contributed by atoms with Gasteiger partial charge in [-0.1, -0.05) is 34.1 Å². The molecule has 66 valence electrons. The lowest BCUT2D eigenvalue weighted by Crippen LogP contribution is -2.23. The van der Waals surface area contributed by atoms with E-state index in [9.17, 15) is 0 Å². The Bertz CT molecular complexity index is 115. The maximum atomic E-state index is 2.42. The van der Waals surface area contributed by atoms with E-state index in [0.29, 0.717) is 0 Å². The van der Waals surface area contributed by atoms with Crippen LogP contribution in [0, 0.1) is 23.7 Å². The van der Waals surface area contributed by atoms with Crippen LogP contribution in [0.4, 0.5) is 0 Å². The number of hydrogen-bond donors (Lipinski definition) is 0. The van der Waals surface area contributed by atoms with Crippen LogP contribution in [0.1, 0.15) is 47.0 Å². The standard InChI is InChI=1S/C11H22/c1-8(2)11-6-5-9(3)10(4)7-11/h8-11H,5-7H2,1-4H3. The maximum Gasteiger partial charge on any atom is -0.0388 e. The van der Waals surface area contributed by atoms with E-state index < -0.39 is 0 Å². The molecule has 0 heteroatoms. The lowest BCUT2D eigenvalue weighted by Gasteiger charge is -2.34. The Kier molecular flexibility index (Phi) is 2.98. The molecule has 0 radical (unpaired) electrons. The molecule has 0 amide bonds. The SMILES string of the molecule is CC(C)C1CCC(C)C(C)C1. The third kappa shape index (κ3) is 2.21. The molecule has 0 aromatic carbocycles. The lowest BCUT2D eigenvalue weighted by molar-refractivity contribution is 0.171.